The van der Waals surface area contributed by atoms with E-state index in [4.69, 9.17) is 16.3 Å². The molecule has 0 aliphatic carbocycles. The minimum Gasteiger partial charge on any atom is -0.444 e. The van der Waals surface area contributed by atoms with Crippen molar-refractivity contribution in [1.82, 2.24) is 4.98 Å². The average Bonchev–Trinajstić information content (AvgIpc) is 2.13. The van der Waals surface area contributed by atoms with Crippen LogP contribution in [0.3, 0.4) is 0 Å². The summed E-state index contributed by atoms with van der Waals surface area (Å²) in [5.74, 6) is -0.233. The van der Waals surface area contributed by atoms with Crippen molar-refractivity contribution in [2.45, 2.75) is 33.3 Å². The number of hydrogen-bond donors (Lipinski definition) is 1. The number of halogens is 1. The van der Waals surface area contributed by atoms with Crippen molar-refractivity contribution in [3.8, 4) is 0 Å². The van der Waals surface area contributed by atoms with Gasteiger partial charge in [0.05, 0.1) is 16.9 Å². The van der Waals surface area contributed by atoms with E-state index in [9.17, 15) is 9.59 Å². The molecular weight excluding hydrogens is 256 g/mol. The standard InChI is InChI=1S/C12H15ClN2O3/c1-7(16)10-9(13)5-8(6-14-10)15-11(17)18-12(2,3)4/h5-6H,1-4H3,(H,15,17). The summed E-state index contributed by atoms with van der Waals surface area (Å²) < 4.78 is 5.07. The lowest BCUT2D eigenvalue weighted by molar-refractivity contribution is 0.0635. The molecule has 0 fully saturated rings. The lowest BCUT2D eigenvalue weighted by Gasteiger charge is -2.19. The maximum absolute atomic E-state index is 11.5. The Kier molecular flexibility index (Phi) is 4.29. The van der Waals surface area contributed by atoms with Crippen LogP contribution >= 0.6 is 11.6 Å². The molecule has 0 unspecified atom stereocenters. The Labute approximate surface area is 110 Å². The van der Waals surface area contributed by atoms with Gasteiger partial charge in [0.25, 0.3) is 0 Å². The number of pyridine rings is 1. The molecule has 0 radical (unpaired) electrons. The van der Waals surface area contributed by atoms with Crippen LogP contribution in [0.5, 0.6) is 0 Å². The average molecular weight is 271 g/mol. The summed E-state index contributed by atoms with van der Waals surface area (Å²) in [5.41, 5.74) is -0.0358. The molecule has 18 heavy (non-hydrogen) atoms. The Morgan fingerprint density at radius 2 is 2.00 bits per heavy atom. The maximum atomic E-state index is 11.5. The van der Waals surface area contributed by atoms with E-state index in [2.05, 4.69) is 10.3 Å². The number of hydrogen-bond acceptors (Lipinski definition) is 4. The van der Waals surface area contributed by atoms with Gasteiger partial charge in [-0.3, -0.25) is 10.1 Å². The van der Waals surface area contributed by atoms with E-state index < -0.39 is 11.7 Å². The summed E-state index contributed by atoms with van der Waals surface area (Å²) in [7, 11) is 0. The Hall–Kier alpha value is -1.62. The van der Waals surface area contributed by atoms with Crippen LogP contribution in [0.1, 0.15) is 38.2 Å². The molecule has 6 heteroatoms. The molecule has 5 nitrogen and oxygen atoms in total. The molecule has 0 atom stereocenters. The Bertz CT molecular complexity index is 481. The molecular formula is C12H15ClN2O3. The summed E-state index contributed by atoms with van der Waals surface area (Å²) >= 11 is 5.87. The second kappa shape index (κ2) is 5.35. The van der Waals surface area contributed by atoms with Crippen LogP contribution in [-0.2, 0) is 4.74 Å². The predicted octanol–water partition coefficient (Wildman–Crippen LogP) is 3.28. The van der Waals surface area contributed by atoms with Gasteiger partial charge in [-0.05, 0) is 26.8 Å². The first-order valence-electron chi connectivity index (χ1n) is 5.35. The minimum atomic E-state index is -0.601. The maximum Gasteiger partial charge on any atom is 0.412 e. The SMILES string of the molecule is CC(=O)c1ncc(NC(=O)OC(C)(C)C)cc1Cl. The molecule has 1 aromatic rings. The number of ketones is 1. The molecule has 0 saturated carbocycles. The zero-order valence-electron chi connectivity index (χ0n) is 10.7. The van der Waals surface area contributed by atoms with Gasteiger partial charge in [-0.25, -0.2) is 9.78 Å². The largest absolute Gasteiger partial charge is 0.444 e. The Morgan fingerprint density at radius 1 is 1.39 bits per heavy atom. The van der Waals surface area contributed by atoms with Gasteiger partial charge in [-0.15, -0.1) is 0 Å². The summed E-state index contributed by atoms with van der Waals surface area (Å²) in [6, 6.07) is 1.45. The van der Waals surface area contributed by atoms with Gasteiger partial charge in [-0.1, -0.05) is 11.6 Å². The number of ether oxygens (including phenoxy) is 1. The number of carbonyl (C=O) groups excluding carboxylic acids is 2. The van der Waals surface area contributed by atoms with Crippen LogP contribution in [0.4, 0.5) is 10.5 Å². The summed E-state index contributed by atoms with van der Waals surface area (Å²) in [4.78, 5) is 26.5. The number of aromatic nitrogens is 1. The molecule has 0 saturated heterocycles. The molecule has 0 aromatic carbocycles. The van der Waals surface area contributed by atoms with Crippen molar-refractivity contribution in [2.75, 3.05) is 5.32 Å². The van der Waals surface area contributed by atoms with E-state index in [0.717, 1.165) is 0 Å². The van der Waals surface area contributed by atoms with Crippen LogP contribution < -0.4 is 5.32 Å². The van der Waals surface area contributed by atoms with Crippen molar-refractivity contribution in [3.05, 3.63) is 23.0 Å². The highest BCUT2D eigenvalue weighted by Crippen LogP contribution is 2.19. The summed E-state index contributed by atoms with van der Waals surface area (Å²) in [6.45, 7) is 6.65. The van der Waals surface area contributed by atoms with Crippen LogP contribution in [0, 0.1) is 0 Å². The second-order valence-electron chi connectivity index (χ2n) is 4.74. The van der Waals surface area contributed by atoms with E-state index in [0.29, 0.717) is 5.69 Å². The molecule has 0 aliphatic heterocycles. The number of nitrogens with one attached hydrogen (secondary N) is 1. The van der Waals surface area contributed by atoms with E-state index in [1.807, 2.05) is 0 Å². The molecule has 1 heterocycles. The first-order chi connectivity index (χ1) is 8.19. The van der Waals surface area contributed by atoms with Gasteiger partial charge in [0.1, 0.15) is 11.3 Å². The third-order valence-electron chi connectivity index (χ3n) is 1.82. The van der Waals surface area contributed by atoms with Crippen LogP contribution in [0.2, 0.25) is 5.02 Å². The number of carbonyl (C=O) groups is 2. The third-order valence-corrected chi connectivity index (χ3v) is 2.11. The van der Waals surface area contributed by atoms with Gasteiger partial charge in [0, 0.05) is 6.92 Å². The number of rotatable bonds is 2. The monoisotopic (exact) mass is 270 g/mol. The van der Waals surface area contributed by atoms with Gasteiger partial charge in [0.2, 0.25) is 0 Å². The van der Waals surface area contributed by atoms with E-state index >= 15 is 0 Å². The van der Waals surface area contributed by atoms with Crippen molar-refractivity contribution in [1.29, 1.82) is 0 Å². The van der Waals surface area contributed by atoms with E-state index in [1.54, 1.807) is 20.8 Å². The van der Waals surface area contributed by atoms with E-state index in [1.165, 1.54) is 19.2 Å². The number of anilines is 1. The zero-order chi connectivity index (χ0) is 13.9. The van der Waals surface area contributed by atoms with Gasteiger partial charge in [-0.2, -0.15) is 0 Å². The highest BCUT2D eigenvalue weighted by molar-refractivity contribution is 6.33. The number of nitrogens with zero attached hydrogens (tertiary/aromatic N) is 1. The summed E-state index contributed by atoms with van der Waals surface area (Å²) in [6.07, 6.45) is 0.753. The van der Waals surface area contributed by atoms with Gasteiger partial charge >= 0.3 is 6.09 Å². The predicted molar refractivity (Wildman–Crippen MR) is 69.1 cm³/mol. The van der Waals surface area contributed by atoms with Crippen molar-refractivity contribution >= 4 is 29.2 Å². The van der Waals surface area contributed by atoms with Crippen molar-refractivity contribution < 1.29 is 14.3 Å². The first-order valence-corrected chi connectivity index (χ1v) is 5.73. The zero-order valence-corrected chi connectivity index (χ0v) is 11.5. The Morgan fingerprint density at radius 3 is 2.44 bits per heavy atom. The third kappa shape index (κ3) is 4.33. The quantitative estimate of drug-likeness (QED) is 0.838. The van der Waals surface area contributed by atoms with Gasteiger partial charge < -0.3 is 4.74 Å². The molecule has 98 valence electrons. The highest BCUT2D eigenvalue weighted by Gasteiger charge is 2.17. The minimum absolute atomic E-state index is 0.173. The fraction of sp³-hybridized carbons (Fsp3) is 0.417. The molecule has 1 aromatic heterocycles. The topological polar surface area (TPSA) is 68.3 Å². The molecule has 1 amide bonds. The molecule has 1 N–H and O–H groups in total. The van der Waals surface area contributed by atoms with Crippen molar-refractivity contribution in [3.63, 3.8) is 0 Å². The molecule has 1 rings (SSSR count). The lowest BCUT2D eigenvalue weighted by atomic mass is 10.2. The van der Waals surface area contributed by atoms with Crippen LogP contribution in [-0.4, -0.2) is 22.5 Å². The van der Waals surface area contributed by atoms with Crippen LogP contribution in [0.15, 0.2) is 12.3 Å². The fourth-order valence-corrected chi connectivity index (χ4v) is 1.49. The normalized spacial score (nSPS) is 10.9. The second-order valence-corrected chi connectivity index (χ2v) is 5.14. The summed E-state index contributed by atoms with van der Waals surface area (Å²) in [5, 5.41) is 2.68. The number of amides is 1. The van der Waals surface area contributed by atoms with E-state index in [-0.39, 0.29) is 16.5 Å². The molecule has 0 aliphatic rings. The number of Topliss-reactive ketones (excluding diaryl/α,β-unsaturated/α-hetero) is 1. The highest BCUT2D eigenvalue weighted by atomic mass is 35.5. The van der Waals surface area contributed by atoms with Crippen molar-refractivity contribution in [2.24, 2.45) is 0 Å². The Balaban J connectivity index is 2.78. The fourth-order valence-electron chi connectivity index (χ4n) is 1.19. The molecule has 0 bridgehead atoms. The smallest absolute Gasteiger partial charge is 0.412 e. The first kappa shape index (κ1) is 14.4. The van der Waals surface area contributed by atoms with Gasteiger partial charge in [0.15, 0.2) is 5.78 Å². The van der Waals surface area contributed by atoms with Crippen LogP contribution in [0.25, 0.3) is 0 Å². The lowest BCUT2D eigenvalue weighted by Crippen LogP contribution is -2.27. The molecule has 0 spiro atoms.